The van der Waals surface area contributed by atoms with Crippen LogP contribution in [-0.2, 0) is 14.8 Å². The van der Waals surface area contributed by atoms with Crippen LogP contribution in [0.15, 0.2) is 93.8 Å². The summed E-state index contributed by atoms with van der Waals surface area (Å²) in [6, 6.07) is 20.0. The van der Waals surface area contributed by atoms with Crippen LogP contribution in [0.25, 0.3) is 0 Å². The zero-order chi connectivity index (χ0) is 23.8. The SMILES string of the molecule is Cc1ccc([C@@H]2CC=C(C(=O)O)[C@H](c3ccc(Br)cc3)N2S(=O)(=O)c2ccc(C)cc2)cc1. The van der Waals surface area contributed by atoms with Crippen molar-refractivity contribution in [2.75, 3.05) is 0 Å². The number of hydrogen-bond donors (Lipinski definition) is 1. The Morgan fingerprint density at radius 1 is 0.879 bits per heavy atom. The predicted octanol–water partition coefficient (Wildman–Crippen LogP) is 5.95. The lowest BCUT2D eigenvalue weighted by atomic mass is 9.89. The molecule has 0 amide bonds. The van der Waals surface area contributed by atoms with Crippen molar-refractivity contribution in [3.05, 3.63) is 111 Å². The number of sulfonamides is 1. The van der Waals surface area contributed by atoms with Gasteiger partial charge < -0.3 is 5.11 Å². The third-order valence-electron chi connectivity index (χ3n) is 5.91. The largest absolute Gasteiger partial charge is 0.478 e. The van der Waals surface area contributed by atoms with E-state index >= 15 is 0 Å². The molecule has 0 spiro atoms. The minimum atomic E-state index is -4.04. The molecule has 5 nitrogen and oxygen atoms in total. The fourth-order valence-electron chi connectivity index (χ4n) is 4.16. The van der Waals surface area contributed by atoms with Gasteiger partial charge in [-0.2, -0.15) is 4.31 Å². The molecule has 0 saturated heterocycles. The number of halogens is 1. The summed E-state index contributed by atoms with van der Waals surface area (Å²) in [6.07, 6.45) is 1.92. The Labute approximate surface area is 202 Å². The zero-order valence-electron chi connectivity index (χ0n) is 18.3. The monoisotopic (exact) mass is 525 g/mol. The van der Waals surface area contributed by atoms with Crippen molar-refractivity contribution in [3.8, 4) is 0 Å². The Morgan fingerprint density at radius 3 is 1.94 bits per heavy atom. The Balaban J connectivity index is 1.96. The summed E-state index contributed by atoms with van der Waals surface area (Å²) in [5, 5.41) is 10.0. The van der Waals surface area contributed by atoms with E-state index in [2.05, 4.69) is 15.9 Å². The molecule has 33 heavy (non-hydrogen) atoms. The Kier molecular flexibility index (Phi) is 6.56. The van der Waals surface area contributed by atoms with Gasteiger partial charge in [-0.05, 0) is 55.7 Å². The van der Waals surface area contributed by atoms with E-state index in [-0.39, 0.29) is 16.9 Å². The standard InChI is InChI=1S/C26H24BrNO4S/c1-17-3-7-19(8-4-17)24-16-15-23(26(29)30)25(20-9-11-21(27)12-10-20)28(24)33(31,32)22-13-5-18(2)6-14-22/h3-15,24-25H,16H2,1-2H3,(H,29,30)/t24-,25-/m0/s1. The molecule has 1 heterocycles. The highest BCUT2D eigenvalue weighted by Crippen LogP contribution is 2.45. The van der Waals surface area contributed by atoms with Crippen LogP contribution in [-0.4, -0.2) is 23.8 Å². The van der Waals surface area contributed by atoms with E-state index in [1.165, 1.54) is 4.31 Å². The highest BCUT2D eigenvalue weighted by atomic mass is 79.9. The van der Waals surface area contributed by atoms with Crippen molar-refractivity contribution in [1.82, 2.24) is 4.31 Å². The second-order valence-electron chi connectivity index (χ2n) is 8.23. The number of nitrogens with zero attached hydrogens (tertiary/aromatic N) is 1. The van der Waals surface area contributed by atoms with Crippen LogP contribution in [0.5, 0.6) is 0 Å². The quantitative estimate of drug-likeness (QED) is 0.446. The molecule has 1 N–H and O–H groups in total. The number of hydrogen-bond acceptors (Lipinski definition) is 3. The second kappa shape index (κ2) is 9.25. The molecule has 0 saturated carbocycles. The second-order valence-corrected chi connectivity index (χ2v) is 11.0. The van der Waals surface area contributed by atoms with Gasteiger partial charge in [-0.15, -0.1) is 0 Å². The summed E-state index contributed by atoms with van der Waals surface area (Å²) in [5.74, 6) is -1.13. The molecule has 3 aromatic carbocycles. The highest BCUT2D eigenvalue weighted by Gasteiger charge is 2.44. The molecule has 0 bridgehead atoms. The number of carbonyl (C=O) groups is 1. The van der Waals surface area contributed by atoms with E-state index < -0.39 is 28.1 Å². The van der Waals surface area contributed by atoms with Gasteiger partial charge in [0, 0.05) is 4.47 Å². The zero-order valence-corrected chi connectivity index (χ0v) is 20.7. The average molecular weight is 526 g/mol. The minimum absolute atomic E-state index is 0.0522. The highest BCUT2D eigenvalue weighted by molar-refractivity contribution is 9.10. The van der Waals surface area contributed by atoms with Crippen LogP contribution in [0.3, 0.4) is 0 Å². The summed E-state index contributed by atoms with van der Waals surface area (Å²) in [6.45, 7) is 3.86. The van der Waals surface area contributed by atoms with Crippen LogP contribution in [0.1, 0.15) is 40.8 Å². The fraction of sp³-hybridized carbons (Fsp3) is 0.192. The molecular formula is C26H24BrNO4S. The van der Waals surface area contributed by atoms with Gasteiger partial charge >= 0.3 is 5.97 Å². The third kappa shape index (κ3) is 4.67. The van der Waals surface area contributed by atoms with Gasteiger partial charge in [0.15, 0.2) is 0 Å². The lowest BCUT2D eigenvalue weighted by Gasteiger charge is -2.40. The van der Waals surface area contributed by atoms with Crippen molar-refractivity contribution in [2.24, 2.45) is 0 Å². The number of aliphatic carboxylic acids is 1. The van der Waals surface area contributed by atoms with Crippen LogP contribution >= 0.6 is 15.9 Å². The predicted molar refractivity (Wildman–Crippen MR) is 131 cm³/mol. The molecule has 1 aliphatic rings. The topological polar surface area (TPSA) is 74.7 Å². The third-order valence-corrected chi connectivity index (χ3v) is 8.33. The van der Waals surface area contributed by atoms with Crippen LogP contribution < -0.4 is 0 Å². The van der Waals surface area contributed by atoms with Gasteiger partial charge in [0.05, 0.1) is 22.6 Å². The first-order chi connectivity index (χ1) is 15.7. The van der Waals surface area contributed by atoms with Crippen molar-refractivity contribution < 1.29 is 18.3 Å². The molecule has 0 aliphatic carbocycles. The Morgan fingerprint density at radius 2 is 1.39 bits per heavy atom. The number of aryl methyl sites for hydroxylation is 2. The van der Waals surface area contributed by atoms with E-state index in [4.69, 9.17) is 0 Å². The van der Waals surface area contributed by atoms with Gasteiger partial charge in [0.25, 0.3) is 0 Å². The lowest BCUT2D eigenvalue weighted by Crippen LogP contribution is -2.42. The summed E-state index contributed by atoms with van der Waals surface area (Å²) in [4.78, 5) is 12.4. The van der Waals surface area contributed by atoms with E-state index in [1.807, 2.05) is 38.1 Å². The van der Waals surface area contributed by atoms with E-state index in [1.54, 1.807) is 54.6 Å². The first-order valence-corrected chi connectivity index (χ1v) is 12.8. The van der Waals surface area contributed by atoms with Gasteiger partial charge in [-0.3, -0.25) is 0 Å². The van der Waals surface area contributed by atoms with Gasteiger partial charge in [0.2, 0.25) is 10.0 Å². The van der Waals surface area contributed by atoms with Crippen LogP contribution in [0, 0.1) is 13.8 Å². The maximum Gasteiger partial charge on any atom is 0.333 e. The Bertz CT molecular complexity index is 1300. The number of carboxylic acids is 1. The average Bonchev–Trinajstić information content (AvgIpc) is 2.79. The number of benzene rings is 3. The summed E-state index contributed by atoms with van der Waals surface area (Å²) in [5.41, 5.74) is 3.47. The smallest absolute Gasteiger partial charge is 0.333 e. The fourth-order valence-corrected chi connectivity index (χ4v) is 6.20. The first-order valence-electron chi connectivity index (χ1n) is 10.5. The van der Waals surface area contributed by atoms with Crippen LogP contribution in [0.4, 0.5) is 0 Å². The van der Waals surface area contributed by atoms with Crippen molar-refractivity contribution >= 4 is 31.9 Å². The van der Waals surface area contributed by atoms with E-state index in [9.17, 15) is 18.3 Å². The Hall–Kier alpha value is -2.74. The molecule has 0 unspecified atom stereocenters. The molecule has 0 radical (unpaired) electrons. The van der Waals surface area contributed by atoms with Crippen molar-refractivity contribution in [2.45, 2.75) is 37.2 Å². The molecule has 2 atom stereocenters. The van der Waals surface area contributed by atoms with Gasteiger partial charge in [0.1, 0.15) is 0 Å². The minimum Gasteiger partial charge on any atom is -0.478 e. The van der Waals surface area contributed by atoms with E-state index in [0.29, 0.717) is 5.56 Å². The first kappa shape index (κ1) is 23.4. The molecule has 0 aromatic heterocycles. The van der Waals surface area contributed by atoms with Crippen molar-refractivity contribution in [3.63, 3.8) is 0 Å². The lowest BCUT2D eigenvalue weighted by molar-refractivity contribution is -0.133. The van der Waals surface area contributed by atoms with E-state index in [0.717, 1.165) is 21.2 Å². The maximum absolute atomic E-state index is 14.1. The van der Waals surface area contributed by atoms with Gasteiger partial charge in [-0.1, -0.05) is 81.7 Å². The number of carboxylic acid groups (broad SMARTS) is 1. The molecular weight excluding hydrogens is 502 g/mol. The molecule has 0 fully saturated rings. The number of rotatable bonds is 5. The molecule has 7 heteroatoms. The maximum atomic E-state index is 14.1. The van der Waals surface area contributed by atoms with Crippen molar-refractivity contribution in [1.29, 1.82) is 0 Å². The summed E-state index contributed by atoms with van der Waals surface area (Å²) >= 11 is 3.40. The van der Waals surface area contributed by atoms with Crippen LogP contribution in [0.2, 0.25) is 0 Å². The molecule has 170 valence electrons. The molecule has 3 aromatic rings. The normalized spacial score (nSPS) is 19.2. The molecule has 4 rings (SSSR count). The summed E-state index contributed by atoms with van der Waals surface area (Å²) < 4.78 is 30.3. The molecule has 1 aliphatic heterocycles. The summed E-state index contributed by atoms with van der Waals surface area (Å²) in [7, 11) is -4.04. The van der Waals surface area contributed by atoms with Gasteiger partial charge in [-0.25, -0.2) is 13.2 Å².